The summed E-state index contributed by atoms with van der Waals surface area (Å²) in [7, 11) is 0. The van der Waals surface area contributed by atoms with Crippen molar-refractivity contribution in [2.24, 2.45) is 5.92 Å². The highest BCUT2D eigenvalue weighted by Gasteiger charge is 2.17. The highest BCUT2D eigenvalue weighted by Crippen LogP contribution is 2.08. The van der Waals surface area contributed by atoms with Gasteiger partial charge in [-0.15, -0.1) is 0 Å². The molecular formula is C15H20FNO3. The predicted octanol–water partition coefficient (Wildman–Crippen LogP) is 2.33. The van der Waals surface area contributed by atoms with Crippen LogP contribution < -0.4 is 0 Å². The number of hydrogen-bond acceptors (Lipinski definition) is 2. The SMILES string of the molecule is CC(C)CN(CC(=O)O)C(=O)CCc1ccc(F)cc1. The average Bonchev–Trinajstić information content (AvgIpc) is 2.36. The Balaban J connectivity index is 2.56. The molecule has 1 rings (SSSR count). The summed E-state index contributed by atoms with van der Waals surface area (Å²) in [6.07, 6.45) is 0.707. The van der Waals surface area contributed by atoms with Crippen LogP contribution >= 0.6 is 0 Å². The van der Waals surface area contributed by atoms with Gasteiger partial charge >= 0.3 is 5.97 Å². The van der Waals surface area contributed by atoms with Crippen molar-refractivity contribution in [3.05, 3.63) is 35.6 Å². The molecule has 1 N–H and O–H groups in total. The third-order valence-electron chi connectivity index (χ3n) is 2.81. The zero-order chi connectivity index (χ0) is 15.1. The molecule has 4 nitrogen and oxygen atoms in total. The molecule has 0 atom stereocenters. The zero-order valence-corrected chi connectivity index (χ0v) is 11.8. The third kappa shape index (κ3) is 5.82. The molecule has 1 aromatic carbocycles. The van der Waals surface area contributed by atoms with Gasteiger partial charge in [0.05, 0.1) is 0 Å². The van der Waals surface area contributed by atoms with Crippen molar-refractivity contribution in [2.75, 3.05) is 13.1 Å². The van der Waals surface area contributed by atoms with Gasteiger partial charge in [-0.05, 0) is 30.0 Å². The molecule has 0 spiro atoms. The first-order valence-corrected chi connectivity index (χ1v) is 6.62. The summed E-state index contributed by atoms with van der Waals surface area (Å²) in [5, 5.41) is 8.83. The first kappa shape index (κ1) is 16.1. The Morgan fingerprint density at radius 1 is 1.25 bits per heavy atom. The fraction of sp³-hybridized carbons (Fsp3) is 0.467. The van der Waals surface area contributed by atoms with Gasteiger partial charge in [0, 0.05) is 13.0 Å². The molecule has 0 aliphatic carbocycles. The van der Waals surface area contributed by atoms with Gasteiger partial charge in [0.1, 0.15) is 12.4 Å². The van der Waals surface area contributed by atoms with Crippen LogP contribution in [0, 0.1) is 11.7 Å². The normalized spacial score (nSPS) is 10.6. The lowest BCUT2D eigenvalue weighted by Gasteiger charge is -2.22. The zero-order valence-electron chi connectivity index (χ0n) is 11.8. The van der Waals surface area contributed by atoms with Gasteiger partial charge in [0.25, 0.3) is 0 Å². The Hall–Kier alpha value is -1.91. The number of halogens is 1. The predicted molar refractivity (Wildman–Crippen MR) is 73.8 cm³/mol. The Morgan fingerprint density at radius 2 is 1.85 bits per heavy atom. The summed E-state index contributed by atoms with van der Waals surface area (Å²) < 4.78 is 12.8. The van der Waals surface area contributed by atoms with E-state index >= 15 is 0 Å². The molecule has 0 aromatic heterocycles. The number of carbonyl (C=O) groups is 2. The minimum absolute atomic E-state index is 0.189. The second-order valence-corrected chi connectivity index (χ2v) is 5.19. The standard InChI is InChI=1S/C15H20FNO3/c1-11(2)9-17(10-15(19)20)14(18)8-5-12-3-6-13(16)7-4-12/h3-4,6-7,11H,5,8-10H2,1-2H3,(H,19,20). The van der Waals surface area contributed by atoms with E-state index < -0.39 is 5.97 Å². The van der Waals surface area contributed by atoms with Gasteiger partial charge in [0.15, 0.2) is 0 Å². The van der Waals surface area contributed by atoms with Gasteiger partial charge in [-0.1, -0.05) is 26.0 Å². The Morgan fingerprint density at radius 3 is 2.35 bits per heavy atom. The second-order valence-electron chi connectivity index (χ2n) is 5.19. The van der Waals surface area contributed by atoms with Crippen LogP contribution in [0.2, 0.25) is 0 Å². The van der Waals surface area contributed by atoms with E-state index in [1.54, 1.807) is 12.1 Å². The van der Waals surface area contributed by atoms with Crippen LogP contribution in [0.1, 0.15) is 25.8 Å². The summed E-state index contributed by atoms with van der Waals surface area (Å²) in [5.74, 6) is -1.30. The largest absolute Gasteiger partial charge is 0.480 e. The van der Waals surface area contributed by atoms with Crippen LogP contribution in [0.5, 0.6) is 0 Å². The summed E-state index contributed by atoms with van der Waals surface area (Å²) >= 11 is 0. The number of benzene rings is 1. The number of amides is 1. The summed E-state index contributed by atoms with van der Waals surface area (Å²) in [6.45, 7) is 4.01. The lowest BCUT2D eigenvalue weighted by atomic mass is 10.1. The van der Waals surface area contributed by atoms with Crippen LogP contribution in [-0.4, -0.2) is 35.0 Å². The van der Waals surface area contributed by atoms with E-state index in [0.29, 0.717) is 13.0 Å². The third-order valence-corrected chi connectivity index (χ3v) is 2.81. The number of carbonyl (C=O) groups excluding carboxylic acids is 1. The molecule has 0 heterocycles. The van der Waals surface area contributed by atoms with Crippen LogP contribution in [0.15, 0.2) is 24.3 Å². The maximum Gasteiger partial charge on any atom is 0.323 e. The topological polar surface area (TPSA) is 57.6 Å². The molecule has 0 radical (unpaired) electrons. The highest BCUT2D eigenvalue weighted by molar-refractivity contribution is 5.81. The van der Waals surface area contributed by atoms with Crippen molar-refractivity contribution < 1.29 is 19.1 Å². The first-order chi connectivity index (χ1) is 9.38. The van der Waals surface area contributed by atoms with E-state index in [1.807, 2.05) is 13.8 Å². The van der Waals surface area contributed by atoms with E-state index in [4.69, 9.17) is 5.11 Å². The molecule has 0 unspecified atom stereocenters. The Kier molecular flexibility index (Phi) is 6.15. The van der Waals surface area contributed by atoms with E-state index in [-0.39, 0.29) is 30.6 Å². The molecule has 0 aliphatic rings. The van der Waals surface area contributed by atoms with Gasteiger partial charge in [-0.2, -0.15) is 0 Å². The molecule has 1 amide bonds. The lowest BCUT2D eigenvalue weighted by molar-refractivity contribution is -0.144. The van der Waals surface area contributed by atoms with Crippen molar-refractivity contribution in [1.29, 1.82) is 0 Å². The number of hydrogen-bond donors (Lipinski definition) is 1. The number of aryl methyl sites for hydroxylation is 1. The van der Waals surface area contributed by atoms with Crippen molar-refractivity contribution in [3.63, 3.8) is 0 Å². The summed E-state index contributed by atoms with van der Waals surface area (Å²) in [6, 6.07) is 5.96. The van der Waals surface area contributed by atoms with Crippen molar-refractivity contribution in [1.82, 2.24) is 4.90 Å². The van der Waals surface area contributed by atoms with Crippen molar-refractivity contribution >= 4 is 11.9 Å². The number of aliphatic carboxylic acids is 1. The molecule has 0 aliphatic heterocycles. The molecule has 110 valence electrons. The molecule has 5 heteroatoms. The Bertz CT molecular complexity index is 457. The van der Waals surface area contributed by atoms with Gasteiger partial charge in [-0.3, -0.25) is 9.59 Å². The number of carboxylic acid groups (broad SMARTS) is 1. The highest BCUT2D eigenvalue weighted by atomic mass is 19.1. The van der Waals surface area contributed by atoms with Crippen LogP contribution in [-0.2, 0) is 16.0 Å². The first-order valence-electron chi connectivity index (χ1n) is 6.62. The van der Waals surface area contributed by atoms with E-state index in [0.717, 1.165) is 5.56 Å². The lowest BCUT2D eigenvalue weighted by Crippen LogP contribution is -2.38. The van der Waals surface area contributed by atoms with Crippen LogP contribution in [0.3, 0.4) is 0 Å². The van der Waals surface area contributed by atoms with E-state index in [1.165, 1.54) is 17.0 Å². The smallest absolute Gasteiger partial charge is 0.323 e. The van der Waals surface area contributed by atoms with E-state index in [2.05, 4.69) is 0 Å². The molecule has 20 heavy (non-hydrogen) atoms. The fourth-order valence-electron chi connectivity index (χ4n) is 1.92. The quantitative estimate of drug-likeness (QED) is 0.834. The molecule has 0 fully saturated rings. The molecular weight excluding hydrogens is 261 g/mol. The van der Waals surface area contributed by atoms with Crippen LogP contribution in [0.4, 0.5) is 4.39 Å². The maximum atomic E-state index is 12.8. The number of carboxylic acids is 1. The maximum absolute atomic E-state index is 12.8. The second kappa shape index (κ2) is 7.62. The van der Waals surface area contributed by atoms with Crippen molar-refractivity contribution in [2.45, 2.75) is 26.7 Å². The van der Waals surface area contributed by atoms with E-state index in [9.17, 15) is 14.0 Å². The summed E-state index contributed by atoms with van der Waals surface area (Å²) in [4.78, 5) is 24.2. The number of nitrogens with zero attached hydrogens (tertiary/aromatic N) is 1. The van der Waals surface area contributed by atoms with Gasteiger partial charge in [-0.25, -0.2) is 4.39 Å². The van der Waals surface area contributed by atoms with Gasteiger partial charge < -0.3 is 10.0 Å². The fourth-order valence-corrected chi connectivity index (χ4v) is 1.92. The van der Waals surface area contributed by atoms with Crippen molar-refractivity contribution in [3.8, 4) is 0 Å². The minimum atomic E-state index is -1.01. The molecule has 0 bridgehead atoms. The average molecular weight is 281 g/mol. The molecule has 0 saturated heterocycles. The van der Waals surface area contributed by atoms with Crippen LogP contribution in [0.25, 0.3) is 0 Å². The Labute approximate surface area is 118 Å². The monoisotopic (exact) mass is 281 g/mol. The molecule has 1 aromatic rings. The minimum Gasteiger partial charge on any atom is -0.480 e. The number of rotatable bonds is 7. The summed E-state index contributed by atoms with van der Waals surface area (Å²) in [5.41, 5.74) is 0.861. The van der Waals surface area contributed by atoms with Gasteiger partial charge in [0.2, 0.25) is 5.91 Å². The molecule has 0 saturated carbocycles.